The molecule has 2 unspecified atom stereocenters. The lowest BCUT2D eigenvalue weighted by molar-refractivity contribution is -0.143. The third-order valence-corrected chi connectivity index (χ3v) is 11.1. The Balaban J connectivity index is 1.42. The van der Waals surface area contributed by atoms with Crippen LogP contribution in [0.2, 0.25) is 0 Å². The number of ether oxygens (including phenoxy) is 5. The fourth-order valence-corrected chi connectivity index (χ4v) is 7.02. The number of carboxylic acids is 2. The zero-order valence-corrected chi connectivity index (χ0v) is 37.5. The number of aliphatic carboxylic acids is 2. The third-order valence-electron chi connectivity index (χ3n) is 9.09. The van der Waals surface area contributed by atoms with Crippen LogP contribution in [0.25, 0.3) is 10.2 Å². The number of hydrogen-bond donors (Lipinski definition) is 4. The number of hydrogen-bond acceptors (Lipinski definition) is 16. The lowest BCUT2D eigenvalue weighted by atomic mass is 10.1. The largest absolute Gasteiger partial charge is 0.481 e. The second-order valence-electron chi connectivity index (χ2n) is 14.4. The van der Waals surface area contributed by atoms with Crippen molar-refractivity contribution in [2.75, 3.05) is 103 Å². The molecule has 4 N–H and O–H groups in total. The van der Waals surface area contributed by atoms with E-state index in [2.05, 4.69) is 30.7 Å². The van der Waals surface area contributed by atoms with Gasteiger partial charge in [-0.25, -0.2) is 13.4 Å². The first-order valence-electron chi connectivity index (χ1n) is 20.4. The summed E-state index contributed by atoms with van der Waals surface area (Å²) in [5.41, 5.74) is 3.10. The van der Waals surface area contributed by atoms with Gasteiger partial charge in [0.25, 0.3) is 0 Å². The predicted molar refractivity (Wildman–Crippen MR) is 232 cm³/mol. The molecule has 2 amide bonds. The molecular formula is C41H60N6O13S2. The molecule has 0 spiro atoms. The predicted octanol–water partition coefficient (Wildman–Crippen LogP) is 4.55. The third kappa shape index (κ3) is 20.5. The molecular weight excluding hydrogens is 849 g/mol. The van der Waals surface area contributed by atoms with Gasteiger partial charge in [-0.2, -0.15) is 0 Å². The fraction of sp³-hybridized carbons (Fsp3) is 0.585. The van der Waals surface area contributed by atoms with Crippen molar-refractivity contribution in [1.82, 2.24) is 15.6 Å². The van der Waals surface area contributed by atoms with Crippen LogP contribution >= 0.6 is 11.3 Å². The Hall–Kier alpha value is -4.64. The average Bonchev–Trinajstić information content (AvgIpc) is 3.64. The maximum absolute atomic E-state index is 12.0. The Labute approximate surface area is 366 Å². The molecule has 0 fully saturated rings. The first-order chi connectivity index (χ1) is 29.6. The quantitative estimate of drug-likeness (QED) is 0.0483. The molecule has 0 saturated carbocycles. The number of benzene rings is 2. The summed E-state index contributed by atoms with van der Waals surface area (Å²) in [5, 5.41) is 32.4. The summed E-state index contributed by atoms with van der Waals surface area (Å²) in [4.78, 5) is 52.2. The summed E-state index contributed by atoms with van der Waals surface area (Å²) in [6.07, 6.45) is 2.22. The first-order valence-corrected chi connectivity index (χ1v) is 23.1. The van der Waals surface area contributed by atoms with Crippen LogP contribution in [-0.4, -0.2) is 146 Å². The molecule has 0 bridgehead atoms. The Bertz CT molecular complexity index is 2010. The maximum atomic E-state index is 12.0. The molecule has 62 heavy (non-hydrogen) atoms. The lowest BCUT2D eigenvalue weighted by Crippen LogP contribution is -2.31. The molecule has 1 aromatic heterocycles. The number of thiazole rings is 1. The highest BCUT2D eigenvalue weighted by atomic mass is 32.2. The molecule has 21 heteroatoms. The zero-order valence-electron chi connectivity index (χ0n) is 35.8. The van der Waals surface area contributed by atoms with Crippen LogP contribution in [-0.2, 0) is 52.7 Å². The van der Waals surface area contributed by atoms with Crippen molar-refractivity contribution in [2.24, 2.45) is 22.1 Å². The number of sulfone groups is 1. The highest BCUT2D eigenvalue weighted by Crippen LogP contribution is 2.32. The Morgan fingerprint density at radius 3 is 1.71 bits per heavy atom. The van der Waals surface area contributed by atoms with Gasteiger partial charge >= 0.3 is 11.9 Å². The van der Waals surface area contributed by atoms with E-state index < -0.39 is 33.6 Å². The van der Waals surface area contributed by atoms with Gasteiger partial charge in [-0.1, -0.05) is 25.2 Å². The minimum Gasteiger partial charge on any atom is -0.481 e. The van der Waals surface area contributed by atoms with Crippen molar-refractivity contribution in [3.63, 3.8) is 0 Å². The number of fused-ring (bicyclic) bond motifs is 1. The van der Waals surface area contributed by atoms with E-state index in [-0.39, 0.29) is 29.6 Å². The van der Waals surface area contributed by atoms with Crippen LogP contribution in [0.5, 0.6) is 0 Å². The standard InChI is InChI=1S/C41H60N6O13S2/c1-29-25-32(7-9-34(29)45-46-41-44-35-10-8-33(62(4,54)55)28-36(35)61-41)47(13-17-58-21-19-56-15-5-11-42-37(48)26-30(2)39(50)51)14-18-59-22-24-60-23-20-57-16-6-12-43-38(49)27-31(3)40(52)53/h7-10,25,28,30-31H,5-6,11-24,26-27H2,1-4H3,(H,42,48)(H,43,49)(H,50,51)(H,52,53). The Morgan fingerprint density at radius 1 is 0.726 bits per heavy atom. The number of aromatic nitrogens is 1. The van der Waals surface area contributed by atoms with E-state index in [1.165, 1.54) is 31.3 Å². The van der Waals surface area contributed by atoms with Crippen molar-refractivity contribution in [1.29, 1.82) is 0 Å². The Kier molecular flexibility index (Phi) is 23.5. The topological polar surface area (TPSA) is 254 Å². The number of carbonyl (C=O) groups excluding carboxylic acids is 2. The molecule has 0 aliphatic carbocycles. The SMILES string of the molecule is Cc1cc(N(CCOCCOCCCNC(=O)CC(C)C(=O)O)CCOCCOCCOCCCNC(=O)CC(C)C(=O)O)ccc1N=Nc1nc2ccc(S(C)(=O)=O)cc2s1. The van der Waals surface area contributed by atoms with E-state index in [0.717, 1.165) is 17.5 Å². The van der Waals surface area contributed by atoms with E-state index in [1.54, 1.807) is 12.1 Å². The highest BCUT2D eigenvalue weighted by molar-refractivity contribution is 7.90. The van der Waals surface area contributed by atoms with Gasteiger partial charge < -0.3 is 49.4 Å². The minimum absolute atomic E-state index is 0.0583. The number of carbonyl (C=O) groups is 4. The molecule has 0 aliphatic rings. The molecule has 2 aromatic carbocycles. The monoisotopic (exact) mass is 908 g/mol. The number of carboxylic acid groups (broad SMARTS) is 2. The van der Waals surface area contributed by atoms with Gasteiger partial charge in [0.2, 0.25) is 16.9 Å². The summed E-state index contributed by atoms with van der Waals surface area (Å²) in [7, 11) is -3.35. The molecule has 0 aliphatic heterocycles. The van der Waals surface area contributed by atoms with Crippen LogP contribution in [0.15, 0.2) is 51.5 Å². The molecule has 0 radical (unpaired) electrons. The van der Waals surface area contributed by atoms with E-state index in [0.29, 0.717) is 126 Å². The van der Waals surface area contributed by atoms with Crippen LogP contribution in [0.3, 0.4) is 0 Å². The number of amides is 2. The minimum atomic E-state index is -3.35. The number of anilines is 1. The highest BCUT2D eigenvalue weighted by Gasteiger charge is 2.17. The average molecular weight is 909 g/mol. The van der Waals surface area contributed by atoms with Crippen LogP contribution < -0.4 is 15.5 Å². The van der Waals surface area contributed by atoms with Gasteiger partial charge in [0.05, 0.1) is 85.5 Å². The number of nitrogens with one attached hydrogen (secondary N) is 2. The van der Waals surface area contributed by atoms with Crippen molar-refractivity contribution in [3.8, 4) is 0 Å². The van der Waals surface area contributed by atoms with Gasteiger partial charge in [0.15, 0.2) is 9.84 Å². The summed E-state index contributed by atoms with van der Waals surface area (Å²) >= 11 is 1.26. The molecule has 1 heterocycles. The summed E-state index contributed by atoms with van der Waals surface area (Å²) in [5.74, 6) is -4.07. The van der Waals surface area contributed by atoms with Crippen molar-refractivity contribution in [3.05, 3.63) is 42.0 Å². The van der Waals surface area contributed by atoms with E-state index in [9.17, 15) is 27.6 Å². The number of rotatable bonds is 33. The second kappa shape index (κ2) is 28.1. The first kappa shape index (κ1) is 51.7. The van der Waals surface area contributed by atoms with Crippen LogP contribution in [0, 0.1) is 18.8 Å². The number of azo groups is 1. The second-order valence-corrected chi connectivity index (χ2v) is 17.4. The lowest BCUT2D eigenvalue weighted by Gasteiger charge is -2.25. The van der Waals surface area contributed by atoms with Crippen LogP contribution in [0.4, 0.5) is 16.5 Å². The van der Waals surface area contributed by atoms with Crippen molar-refractivity contribution >= 4 is 71.6 Å². The molecule has 19 nitrogen and oxygen atoms in total. The van der Waals surface area contributed by atoms with Crippen molar-refractivity contribution < 1.29 is 61.5 Å². The normalized spacial score (nSPS) is 12.7. The molecule has 3 aromatic rings. The smallest absolute Gasteiger partial charge is 0.306 e. The van der Waals surface area contributed by atoms with E-state index in [4.69, 9.17) is 33.9 Å². The van der Waals surface area contributed by atoms with E-state index in [1.807, 2.05) is 25.1 Å². The molecule has 0 saturated heterocycles. The molecule has 3 rings (SSSR count). The summed E-state index contributed by atoms with van der Waals surface area (Å²) in [6.45, 7) is 10.8. The van der Waals surface area contributed by atoms with Crippen LogP contribution in [0.1, 0.15) is 45.1 Å². The summed E-state index contributed by atoms with van der Waals surface area (Å²) < 4.78 is 53.1. The van der Waals surface area contributed by atoms with Gasteiger partial charge in [-0.15, -0.1) is 10.2 Å². The van der Waals surface area contributed by atoms with Gasteiger partial charge in [0, 0.05) is 64.2 Å². The number of nitrogens with zero attached hydrogens (tertiary/aromatic N) is 4. The van der Waals surface area contributed by atoms with E-state index >= 15 is 0 Å². The number of aryl methyl sites for hydroxylation is 1. The van der Waals surface area contributed by atoms with Gasteiger partial charge in [0.1, 0.15) is 0 Å². The zero-order chi connectivity index (χ0) is 45.3. The van der Waals surface area contributed by atoms with Gasteiger partial charge in [-0.05, 0) is 61.7 Å². The fourth-order valence-electron chi connectivity index (χ4n) is 5.47. The van der Waals surface area contributed by atoms with Crippen molar-refractivity contribution in [2.45, 2.75) is 51.3 Å². The van der Waals surface area contributed by atoms with Gasteiger partial charge in [-0.3, -0.25) is 19.2 Å². The Morgan fingerprint density at radius 2 is 1.23 bits per heavy atom. The summed E-state index contributed by atoms with van der Waals surface area (Å²) in [6, 6.07) is 10.6. The molecule has 2 atom stereocenters. The maximum Gasteiger partial charge on any atom is 0.306 e. The molecule has 344 valence electrons.